The van der Waals surface area contributed by atoms with Gasteiger partial charge in [-0.2, -0.15) is 0 Å². The molecule has 2 N–H and O–H groups in total. The van der Waals surface area contributed by atoms with E-state index in [2.05, 4.69) is 15.6 Å². The number of aromatic nitrogens is 1. The molecule has 0 atom stereocenters. The number of anilines is 2. The van der Waals surface area contributed by atoms with Crippen LogP contribution in [0.4, 0.5) is 11.5 Å². The van der Waals surface area contributed by atoms with E-state index >= 15 is 0 Å². The molecule has 5 nitrogen and oxygen atoms in total. The van der Waals surface area contributed by atoms with Crippen LogP contribution in [0.25, 0.3) is 0 Å². The van der Waals surface area contributed by atoms with Gasteiger partial charge in [0.2, 0.25) is 5.91 Å². The number of rotatable bonds is 4. The van der Waals surface area contributed by atoms with E-state index in [-0.39, 0.29) is 17.7 Å². The predicted octanol–water partition coefficient (Wildman–Crippen LogP) is 2.99. The van der Waals surface area contributed by atoms with Crippen molar-refractivity contribution in [3.8, 4) is 0 Å². The fraction of sp³-hybridized carbons (Fsp3) is 0.235. The Hall–Kier alpha value is -2.69. The number of hydrogen-bond donors (Lipinski definition) is 2. The largest absolute Gasteiger partial charge is 0.326 e. The predicted molar refractivity (Wildman–Crippen MR) is 84.7 cm³/mol. The molecule has 1 aromatic carbocycles. The van der Waals surface area contributed by atoms with Crippen LogP contribution in [0.3, 0.4) is 0 Å². The van der Waals surface area contributed by atoms with Crippen molar-refractivity contribution in [1.82, 2.24) is 4.98 Å². The van der Waals surface area contributed by atoms with Gasteiger partial charge in [0, 0.05) is 23.4 Å². The second kappa shape index (κ2) is 5.97. The first-order chi connectivity index (χ1) is 10.6. The summed E-state index contributed by atoms with van der Waals surface area (Å²) in [4.78, 5) is 28.1. The lowest BCUT2D eigenvalue weighted by molar-refractivity contribution is -0.117. The van der Waals surface area contributed by atoms with Crippen LogP contribution in [0.2, 0.25) is 0 Å². The standard InChI is InChI=1S/C17H17N3O2/c1-11-5-8-15(18-10-11)20-17(22)13-3-2-4-14(9-13)19-16(21)12-6-7-12/h2-5,8-10,12H,6-7H2,1H3,(H,19,21)(H,18,20,22). The fourth-order valence-electron chi connectivity index (χ4n) is 2.06. The van der Waals surface area contributed by atoms with Crippen molar-refractivity contribution in [1.29, 1.82) is 0 Å². The van der Waals surface area contributed by atoms with Crippen LogP contribution in [0.1, 0.15) is 28.8 Å². The maximum Gasteiger partial charge on any atom is 0.256 e. The summed E-state index contributed by atoms with van der Waals surface area (Å²) in [6.45, 7) is 1.94. The highest BCUT2D eigenvalue weighted by molar-refractivity contribution is 6.05. The topological polar surface area (TPSA) is 71.1 Å². The molecule has 1 aliphatic rings. The minimum atomic E-state index is -0.251. The molecule has 1 saturated carbocycles. The highest BCUT2D eigenvalue weighted by atomic mass is 16.2. The molecule has 0 unspecified atom stereocenters. The molecular formula is C17H17N3O2. The van der Waals surface area contributed by atoms with Crippen molar-refractivity contribution < 1.29 is 9.59 Å². The third-order valence-corrected chi connectivity index (χ3v) is 3.49. The number of carbonyl (C=O) groups excluding carboxylic acids is 2. The minimum absolute atomic E-state index is 0.0257. The zero-order valence-electron chi connectivity index (χ0n) is 12.3. The number of amides is 2. The lowest BCUT2D eigenvalue weighted by atomic mass is 10.2. The number of aryl methyl sites for hydroxylation is 1. The molecule has 1 aliphatic carbocycles. The molecule has 0 bridgehead atoms. The molecule has 3 rings (SSSR count). The Bertz CT molecular complexity index is 706. The van der Waals surface area contributed by atoms with Gasteiger partial charge in [0.25, 0.3) is 5.91 Å². The smallest absolute Gasteiger partial charge is 0.256 e. The van der Waals surface area contributed by atoms with Gasteiger partial charge >= 0.3 is 0 Å². The second-order valence-corrected chi connectivity index (χ2v) is 5.52. The first-order valence-electron chi connectivity index (χ1n) is 7.27. The van der Waals surface area contributed by atoms with Gasteiger partial charge in [0.15, 0.2) is 0 Å². The molecule has 0 spiro atoms. The third-order valence-electron chi connectivity index (χ3n) is 3.49. The molecule has 22 heavy (non-hydrogen) atoms. The average Bonchev–Trinajstić information content (AvgIpc) is 3.34. The summed E-state index contributed by atoms with van der Waals surface area (Å²) < 4.78 is 0. The maximum absolute atomic E-state index is 12.2. The molecule has 1 aromatic heterocycles. The molecule has 1 fully saturated rings. The van der Waals surface area contributed by atoms with Gasteiger partial charge in [-0.05, 0) is 49.6 Å². The first kappa shape index (κ1) is 14.3. The normalized spacial score (nSPS) is 13.5. The molecule has 1 heterocycles. The highest BCUT2D eigenvalue weighted by Crippen LogP contribution is 2.30. The van der Waals surface area contributed by atoms with Gasteiger partial charge in [-0.3, -0.25) is 9.59 Å². The number of pyridine rings is 1. The van der Waals surface area contributed by atoms with Crippen LogP contribution in [0, 0.1) is 12.8 Å². The molecule has 5 heteroatoms. The van der Waals surface area contributed by atoms with E-state index in [4.69, 9.17) is 0 Å². The second-order valence-electron chi connectivity index (χ2n) is 5.52. The van der Waals surface area contributed by atoms with Crippen LogP contribution < -0.4 is 10.6 Å². The highest BCUT2D eigenvalue weighted by Gasteiger charge is 2.29. The lowest BCUT2D eigenvalue weighted by Crippen LogP contribution is -2.15. The quantitative estimate of drug-likeness (QED) is 0.911. The Morgan fingerprint density at radius 3 is 2.64 bits per heavy atom. The van der Waals surface area contributed by atoms with Crippen molar-refractivity contribution in [2.45, 2.75) is 19.8 Å². The van der Waals surface area contributed by atoms with Crippen molar-refractivity contribution >= 4 is 23.3 Å². The summed E-state index contributed by atoms with van der Waals surface area (Å²) in [7, 11) is 0. The van der Waals surface area contributed by atoms with Gasteiger partial charge in [0.1, 0.15) is 5.82 Å². The van der Waals surface area contributed by atoms with Gasteiger partial charge in [0.05, 0.1) is 0 Å². The Balaban J connectivity index is 1.69. The van der Waals surface area contributed by atoms with Crippen LogP contribution in [-0.2, 0) is 4.79 Å². The summed E-state index contributed by atoms with van der Waals surface area (Å²) in [5, 5.41) is 5.57. The molecule has 2 aromatic rings. The number of nitrogens with one attached hydrogen (secondary N) is 2. The SMILES string of the molecule is Cc1ccc(NC(=O)c2cccc(NC(=O)C3CC3)c2)nc1. The van der Waals surface area contributed by atoms with Crippen LogP contribution in [0.5, 0.6) is 0 Å². The van der Waals surface area contributed by atoms with E-state index in [1.165, 1.54) is 0 Å². The van der Waals surface area contributed by atoms with E-state index in [0.717, 1.165) is 18.4 Å². The van der Waals surface area contributed by atoms with Gasteiger partial charge < -0.3 is 10.6 Å². The summed E-state index contributed by atoms with van der Waals surface area (Å²) in [6.07, 6.45) is 3.60. The zero-order chi connectivity index (χ0) is 15.5. The Labute approximate surface area is 128 Å². The van der Waals surface area contributed by atoms with E-state index < -0.39 is 0 Å². The Morgan fingerprint density at radius 2 is 1.95 bits per heavy atom. The fourth-order valence-corrected chi connectivity index (χ4v) is 2.06. The van der Waals surface area contributed by atoms with E-state index in [9.17, 15) is 9.59 Å². The summed E-state index contributed by atoms with van der Waals surface area (Å²) in [5.41, 5.74) is 2.15. The maximum atomic E-state index is 12.2. The molecule has 0 radical (unpaired) electrons. The van der Waals surface area contributed by atoms with Crippen molar-refractivity contribution in [3.05, 3.63) is 53.7 Å². The molecule has 112 valence electrons. The minimum Gasteiger partial charge on any atom is -0.326 e. The van der Waals surface area contributed by atoms with Crippen molar-refractivity contribution in [3.63, 3.8) is 0 Å². The summed E-state index contributed by atoms with van der Waals surface area (Å²) >= 11 is 0. The van der Waals surface area contributed by atoms with Crippen molar-refractivity contribution in [2.24, 2.45) is 5.92 Å². The van der Waals surface area contributed by atoms with E-state index in [0.29, 0.717) is 17.1 Å². The summed E-state index contributed by atoms with van der Waals surface area (Å²) in [5.74, 6) is 0.411. The molecule has 2 amide bonds. The molecular weight excluding hydrogens is 278 g/mol. The third kappa shape index (κ3) is 3.49. The van der Waals surface area contributed by atoms with Gasteiger partial charge in [-0.15, -0.1) is 0 Å². The Kier molecular flexibility index (Phi) is 3.87. The number of hydrogen-bond acceptors (Lipinski definition) is 3. The zero-order valence-corrected chi connectivity index (χ0v) is 12.3. The van der Waals surface area contributed by atoms with E-state index in [1.807, 2.05) is 13.0 Å². The van der Waals surface area contributed by atoms with E-state index in [1.54, 1.807) is 36.5 Å². The average molecular weight is 295 g/mol. The van der Waals surface area contributed by atoms with Gasteiger partial charge in [-0.25, -0.2) is 4.98 Å². The van der Waals surface area contributed by atoms with Crippen LogP contribution in [0.15, 0.2) is 42.6 Å². The molecule has 0 aliphatic heterocycles. The first-order valence-corrected chi connectivity index (χ1v) is 7.27. The lowest BCUT2D eigenvalue weighted by Gasteiger charge is -2.08. The molecule has 0 saturated heterocycles. The number of benzene rings is 1. The van der Waals surface area contributed by atoms with Gasteiger partial charge in [-0.1, -0.05) is 12.1 Å². The van der Waals surface area contributed by atoms with Crippen LogP contribution in [-0.4, -0.2) is 16.8 Å². The monoisotopic (exact) mass is 295 g/mol. The summed E-state index contributed by atoms with van der Waals surface area (Å²) in [6, 6.07) is 10.5. The Morgan fingerprint density at radius 1 is 1.14 bits per heavy atom. The number of carbonyl (C=O) groups is 2. The van der Waals surface area contributed by atoms with Crippen LogP contribution >= 0.6 is 0 Å². The number of nitrogens with zero attached hydrogens (tertiary/aromatic N) is 1. The van der Waals surface area contributed by atoms with Crippen molar-refractivity contribution in [2.75, 3.05) is 10.6 Å².